The van der Waals surface area contributed by atoms with Gasteiger partial charge >= 0.3 is 0 Å². The van der Waals surface area contributed by atoms with Crippen molar-refractivity contribution < 1.29 is 0 Å². The van der Waals surface area contributed by atoms with E-state index in [9.17, 15) is 0 Å². The number of rotatable bonds is 3. The number of H-pyrrole nitrogens is 1. The normalized spacial score (nSPS) is 10.6. The van der Waals surface area contributed by atoms with Crippen LogP contribution in [0.3, 0.4) is 0 Å². The Balaban J connectivity index is 2.48. The van der Waals surface area contributed by atoms with Crippen LogP contribution in [0.4, 0.5) is 5.82 Å². The third-order valence-corrected chi connectivity index (χ3v) is 2.95. The van der Waals surface area contributed by atoms with E-state index in [2.05, 4.69) is 42.2 Å². The summed E-state index contributed by atoms with van der Waals surface area (Å²) < 4.78 is 0. The van der Waals surface area contributed by atoms with Crippen molar-refractivity contribution in [3.05, 3.63) is 35.5 Å². The molecule has 2 rings (SSSR count). The van der Waals surface area contributed by atoms with E-state index in [1.165, 1.54) is 11.1 Å². The maximum Gasteiger partial charge on any atom is 0.126 e. The first-order valence-corrected chi connectivity index (χ1v) is 5.67. The lowest BCUT2D eigenvalue weighted by Gasteiger charge is -2.08. The molecule has 0 saturated heterocycles. The fourth-order valence-corrected chi connectivity index (χ4v) is 1.99. The van der Waals surface area contributed by atoms with E-state index in [1.807, 2.05) is 0 Å². The van der Waals surface area contributed by atoms with Gasteiger partial charge in [-0.25, -0.2) is 0 Å². The number of nitrogen functional groups attached to an aromatic ring is 1. The van der Waals surface area contributed by atoms with E-state index in [-0.39, 0.29) is 0 Å². The van der Waals surface area contributed by atoms with Crippen molar-refractivity contribution >= 4 is 5.82 Å². The van der Waals surface area contributed by atoms with Gasteiger partial charge in [0.2, 0.25) is 0 Å². The number of hydrogen-bond donors (Lipinski definition) is 2. The maximum absolute atomic E-state index is 5.82. The molecule has 0 unspecified atom stereocenters. The number of nitrogens with zero attached hydrogens (tertiary/aromatic N) is 1. The highest BCUT2D eigenvalue weighted by Gasteiger charge is 2.07. The third-order valence-electron chi connectivity index (χ3n) is 2.95. The second-order valence-corrected chi connectivity index (χ2v) is 3.89. The van der Waals surface area contributed by atoms with Crippen LogP contribution in [0.25, 0.3) is 11.1 Å². The van der Waals surface area contributed by atoms with E-state index in [1.54, 1.807) is 6.20 Å². The fourth-order valence-electron chi connectivity index (χ4n) is 1.99. The van der Waals surface area contributed by atoms with E-state index in [0.717, 1.165) is 24.0 Å². The van der Waals surface area contributed by atoms with Gasteiger partial charge in [0.05, 0.1) is 6.20 Å². The molecule has 3 nitrogen and oxygen atoms in total. The van der Waals surface area contributed by atoms with Crippen molar-refractivity contribution in [2.24, 2.45) is 0 Å². The Kier molecular flexibility index (Phi) is 2.95. The average molecular weight is 215 g/mol. The summed E-state index contributed by atoms with van der Waals surface area (Å²) in [7, 11) is 0. The highest BCUT2D eigenvalue weighted by atomic mass is 15.1. The Hall–Kier alpha value is -1.77. The highest BCUT2D eigenvalue weighted by Crippen LogP contribution is 2.26. The maximum atomic E-state index is 5.82. The lowest BCUT2D eigenvalue weighted by atomic mass is 9.97. The molecule has 16 heavy (non-hydrogen) atoms. The number of anilines is 1. The second-order valence-electron chi connectivity index (χ2n) is 3.89. The van der Waals surface area contributed by atoms with Crippen molar-refractivity contribution in [3.63, 3.8) is 0 Å². The van der Waals surface area contributed by atoms with E-state index < -0.39 is 0 Å². The van der Waals surface area contributed by atoms with Crippen molar-refractivity contribution in [3.8, 4) is 11.1 Å². The highest BCUT2D eigenvalue weighted by molar-refractivity contribution is 5.73. The number of aromatic amines is 1. The van der Waals surface area contributed by atoms with Crippen LogP contribution in [0.15, 0.2) is 24.4 Å². The topological polar surface area (TPSA) is 54.7 Å². The molecule has 1 aromatic carbocycles. The third kappa shape index (κ3) is 1.81. The Bertz CT molecular complexity index is 486. The van der Waals surface area contributed by atoms with Crippen LogP contribution in [-0.4, -0.2) is 10.2 Å². The molecule has 2 aromatic rings. The molecule has 0 radical (unpaired) electrons. The number of aryl methyl sites for hydroxylation is 2. The Morgan fingerprint density at radius 2 is 1.94 bits per heavy atom. The average Bonchev–Trinajstić information content (AvgIpc) is 2.74. The summed E-state index contributed by atoms with van der Waals surface area (Å²) in [6.07, 6.45) is 3.90. The molecule has 1 aromatic heterocycles. The first-order chi connectivity index (χ1) is 7.76. The van der Waals surface area contributed by atoms with E-state index in [0.29, 0.717) is 5.82 Å². The summed E-state index contributed by atoms with van der Waals surface area (Å²) in [4.78, 5) is 0. The van der Waals surface area contributed by atoms with E-state index in [4.69, 9.17) is 5.73 Å². The first kappa shape index (κ1) is 10.7. The summed E-state index contributed by atoms with van der Waals surface area (Å²) in [5, 5.41) is 6.71. The number of nitrogens with two attached hydrogens (primary N) is 1. The predicted octanol–water partition coefficient (Wildman–Crippen LogP) is 2.78. The molecule has 0 aliphatic heterocycles. The van der Waals surface area contributed by atoms with Gasteiger partial charge in [-0.3, -0.25) is 5.10 Å². The van der Waals surface area contributed by atoms with Gasteiger partial charge in [0.1, 0.15) is 5.82 Å². The standard InChI is InChI=1S/C13H17N3/c1-3-9-5-6-11(7-10(9)4-2)12-8-15-16-13(12)14/h5-8H,3-4H2,1-2H3,(H3,14,15,16). The molecule has 0 saturated carbocycles. The van der Waals surface area contributed by atoms with Crippen LogP contribution in [0.5, 0.6) is 0 Å². The monoisotopic (exact) mass is 215 g/mol. The zero-order valence-corrected chi connectivity index (χ0v) is 9.75. The molecule has 0 bridgehead atoms. The lowest BCUT2D eigenvalue weighted by molar-refractivity contribution is 1.04. The van der Waals surface area contributed by atoms with Gasteiger partial charge in [-0.15, -0.1) is 0 Å². The van der Waals surface area contributed by atoms with Crippen molar-refractivity contribution in [1.82, 2.24) is 10.2 Å². The smallest absolute Gasteiger partial charge is 0.126 e. The van der Waals surface area contributed by atoms with Gasteiger partial charge in [-0.2, -0.15) is 5.10 Å². The number of nitrogens with one attached hydrogen (secondary N) is 1. The zero-order valence-electron chi connectivity index (χ0n) is 9.75. The van der Waals surface area contributed by atoms with Crippen molar-refractivity contribution in [2.45, 2.75) is 26.7 Å². The summed E-state index contributed by atoms with van der Waals surface area (Å²) in [5.41, 5.74) is 10.7. The van der Waals surface area contributed by atoms with Crippen LogP contribution in [0.2, 0.25) is 0 Å². The van der Waals surface area contributed by atoms with Crippen LogP contribution in [0.1, 0.15) is 25.0 Å². The largest absolute Gasteiger partial charge is 0.384 e. The zero-order chi connectivity index (χ0) is 11.5. The number of benzene rings is 1. The molecular formula is C13H17N3. The molecule has 0 atom stereocenters. The lowest BCUT2D eigenvalue weighted by Crippen LogP contribution is -1.93. The molecule has 0 aliphatic rings. The van der Waals surface area contributed by atoms with Crippen molar-refractivity contribution in [1.29, 1.82) is 0 Å². The SMILES string of the molecule is CCc1ccc(-c2cn[nH]c2N)cc1CC. The summed E-state index contributed by atoms with van der Waals surface area (Å²) in [6.45, 7) is 4.36. The summed E-state index contributed by atoms with van der Waals surface area (Å²) >= 11 is 0. The Labute approximate surface area is 95.7 Å². The van der Waals surface area contributed by atoms with Gasteiger partial charge in [0, 0.05) is 5.56 Å². The molecule has 0 amide bonds. The first-order valence-electron chi connectivity index (χ1n) is 5.67. The number of hydrogen-bond acceptors (Lipinski definition) is 2. The molecule has 3 N–H and O–H groups in total. The van der Waals surface area contributed by atoms with Crippen LogP contribution in [0, 0.1) is 0 Å². The summed E-state index contributed by atoms with van der Waals surface area (Å²) in [5.74, 6) is 0.631. The summed E-state index contributed by atoms with van der Waals surface area (Å²) in [6, 6.07) is 6.50. The quantitative estimate of drug-likeness (QED) is 0.827. The Morgan fingerprint density at radius 3 is 2.50 bits per heavy atom. The van der Waals surface area contributed by atoms with E-state index >= 15 is 0 Å². The molecule has 3 heteroatoms. The van der Waals surface area contributed by atoms with Gasteiger partial charge in [0.15, 0.2) is 0 Å². The number of aromatic nitrogens is 2. The minimum atomic E-state index is 0.631. The Morgan fingerprint density at radius 1 is 1.19 bits per heavy atom. The van der Waals surface area contributed by atoms with Crippen LogP contribution >= 0.6 is 0 Å². The van der Waals surface area contributed by atoms with Crippen LogP contribution in [-0.2, 0) is 12.8 Å². The van der Waals surface area contributed by atoms with Gasteiger partial charge in [-0.1, -0.05) is 32.0 Å². The molecular weight excluding hydrogens is 198 g/mol. The minimum absolute atomic E-state index is 0.631. The molecule has 84 valence electrons. The second kappa shape index (κ2) is 4.39. The van der Waals surface area contributed by atoms with Crippen molar-refractivity contribution in [2.75, 3.05) is 5.73 Å². The molecule has 0 fully saturated rings. The van der Waals surface area contributed by atoms with Gasteiger partial charge in [-0.05, 0) is 29.5 Å². The molecule has 0 spiro atoms. The minimum Gasteiger partial charge on any atom is -0.384 e. The predicted molar refractivity (Wildman–Crippen MR) is 67.2 cm³/mol. The molecule has 0 aliphatic carbocycles. The van der Waals surface area contributed by atoms with Crippen LogP contribution < -0.4 is 5.73 Å². The fraction of sp³-hybridized carbons (Fsp3) is 0.308. The molecule has 1 heterocycles. The van der Waals surface area contributed by atoms with Gasteiger partial charge < -0.3 is 5.73 Å². The van der Waals surface area contributed by atoms with Gasteiger partial charge in [0.25, 0.3) is 0 Å².